The molecule has 0 spiro atoms. The Morgan fingerprint density at radius 3 is 2.38 bits per heavy atom. The van der Waals surface area contributed by atoms with Crippen molar-refractivity contribution in [3.63, 3.8) is 0 Å². The Labute approximate surface area is 220 Å². The monoisotopic (exact) mass is 529 g/mol. The van der Waals surface area contributed by atoms with E-state index in [1.54, 1.807) is 11.5 Å². The number of carbonyl (C=O) groups excluding carboxylic acids is 2. The van der Waals surface area contributed by atoms with Crippen LogP contribution in [0, 0.1) is 17.8 Å². The molecular formula is C28H39N3O5S. The number of nitrogens with zero attached hydrogens (tertiary/aromatic N) is 2. The van der Waals surface area contributed by atoms with Crippen LogP contribution in [-0.2, 0) is 25.4 Å². The predicted molar refractivity (Wildman–Crippen MR) is 143 cm³/mol. The standard InChI is InChI=1S/C28H39N3O5S/c1-30(37(35,36)20-23-14-9-13-22-12-5-6-15-24(22)23)19-26(27(32)29-34)25(18-21-10-3-4-11-21)28(33)31-16-7-2-8-17-31/h5-6,9,12-15,21,25-26,34H,2-4,7-8,10-11,16-20H2,1H3,(H,29,32)/t25-,26+/m1/s1. The van der Waals surface area contributed by atoms with Crippen molar-refractivity contribution in [1.29, 1.82) is 0 Å². The van der Waals surface area contributed by atoms with E-state index < -0.39 is 27.8 Å². The molecule has 1 saturated carbocycles. The number of amides is 2. The van der Waals surface area contributed by atoms with Crippen molar-refractivity contribution in [3.8, 4) is 0 Å². The number of likely N-dealkylation sites (tertiary alicyclic amines) is 1. The molecule has 2 N–H and O–H groups in total. The highest BCUT2D eigenvalue weighted by molar-refractivity contribution is 7.88. The van der Waals surface area contributed by atoms with E-state index in [-0.39, 0.29) is 18.2 Å². The maximum Gasteiger partial charge on any atom is 0.248 e. The molecule has 1 aliphatic heterocycles. The summed E-state index contributed by atoms with van der Waals surface area (Å²) >= 11 is 0. The minimum absolute atomic E-state index is 0.0972. The Hall–Kier alpha value is -2.49. The summed E-state index contributed by atoms with van der Waals surface area (Å²) in [6.45, 7) is 1.14. The van der Waals surface area contributed by atoms with Gasteiger partial charge in [-0.1, -0.05) is 68.1 Å². The van der Waals surface area contributed by atoms with Crippen molar-refractivity contribution >= 4 is 32.6 Å². The van der Waals surface area contributed by atoms with Crippen molar-refractivity contribution in [2.45, 2.75) is 57.1 Å². The first kappa shape index (κ1) is 27.5. The van der Waals surface area contributed by atoms with Crippen LogP contribution in [0.5, 0.6) is 0 Å². The predicted octanol–water partition coefficient (Wildman–Crippen LogP) is 3.93. The zero-order valence-corrected chi connectivity index (χ0v) is 22.5. The maximum absolute atomic E-state index is 13.7. The van der Waals surface area contributed by atoms with E-state index in [0.29, 0.717) is 31.0 Å². The largest absolute Gasteiger partial charge is 0.342 e. The molecule has 4 rings (SSSR count). The van der Waals surface area contributed by atoms with E-state index in [0.717, 1.165) is 55.7 Å². The number of benzene rings is 2. The molecule has 2 aliphatic rings. The van der Waals surface area contributed by atoms with Gasteiger partial charge in [-0.3, -0.25) is 14.8 Å². The summed E-state index contributed by atoms with van der Waals surface area (Å²) in [5.74, 6) is -2.35. The quantitative estimate of drug-likeness (QED) is 0.358. The minimum Gasteiger partial charge on any atom is -0.342 e. The van der Waals surface area contributed by atoms with Crippen molar-refractivity contribution in [1.82, 2.24) is 14.7 Å². The lowest BCUT2D eigenvalue weighted by atomic mass is 9.81. The molecular weight excluding hydrogens is 490 g/mol. The molecule has 2 aromatic carbocycles. The third-order valence-corrected chi connectivity index (χ3v) is 9.90. The highest BCUT2D eigenvalue weighted by Crippen LogP contribution is 2.35. The average molecular weight is 530 g/mol. The van der Waals surface area contributed by atoms with Crippen LogP contribution in [0.2, 0.25) is 0 Å². The van der Waals surface area contributed by atoms with E-state index >= 15 is 0 Å². The SMILES string of the molecule is CN(C[C@H](C(=O)NO)[C@@H](CC1CCCC1)C(=O)N1CCCCC1)S(=O)(=O)Cc1cccc2ccccc12. The summed E-state index contributed by atoms with van der Waals surface area (Å²) in [6, 6.07) is 13.2. The maximum atomic E-state index is 13.7. The van der Waals surface area contributed by atoms with E-state index in [1.807, 2.05) is 41.3 Å². The molecule has 37 heavy (non-hydrogen) atoms. The Balaban J connectivity index is 1.58. The Morgan fingerprint density at radius 1 is 1.00 bits per heavy atom. The molecule has 9 heteroatoms. The first-order valence-electron chi connectivity index (χ1n) is 13.4. The second-order valence-electron chi connectivity index (χ2n) is 10.6. The van der Waals surface area contributed by atoms with E-state index in [2.05, 4.69) is 0 Å². The number of hydrogen-bond acceptors (Lipinski definition) is 5. The van der Waals surface area contributed by atoms with Gasteiger partial charge in [0, 0.05) is 26.7 Å². The summed E-state index contributed by atoms with van der Waals surface area (Å²) in [5.41, 5.74) is 2.41. The van der Waals surface area contributed by atoms with Gasteiger partial charge in [0.2, 0.25) is 21.8 Å². The van der Waals surface area contributed by atoms with Crippen LogP contribution in [0.3, 0.4) is 0 Å². The highest BCUT2D eigenvalue weighted by Gasteiger charge is 2.40. The number of carbonyl (C=O) groups is 2. The third kappa shape index (κ3) is 6.69. The van der Waals surface area contributed by atoms with Gasteiger partial charge in [-0.25, -0.2) is 18.2 Å². The molecule has 0 radical (unpaired) electrons. The molecule has 2 amide bonds. The number of hydrogen-bond donors (Lipinski definition) is 2. The smallest absolute Gasteiger partial charge is 0.248 e. The third-order valence-electron chi connectivity index (χ3n) is 8.13. The van der Waals surface area contributed by atoms with Gasteiger partial charge in [-0.15, -0.1) is 0 Å². The highest BCUT2D eigenvalue weighted by atomic mass is 32.2. The van der Waals surface area contributed by atoms with Crippen LogP contribution >= 0.6 is 0 Å². The summed E-state index contributed by atoms with van der Waals surface area (Å²) < 4.78 is 28.1. The van der Waals surface area contributed by atoms with Gasteiger partial charge in [0.25, 0.3) is 0 Å². The minimum atomic E-state index is -3.81. The zero-order chi connectivity index (χ0) is 26.4. The fraction of sp³-hybridized carbons (Fsp3) is 0.571. The van der Waals surface area contributed by atoms with Gasteiger partial charge >= 0.3 is 0 Å². The van der Waals surface area contributed by atoms with Crippen LogP contribution in [0.4, 0.5) is 0 Å². The number of rotatable bonds is 10. The van der Waals surface area contributed by atoms with Gasteiger partial charge in [-0.2, -0.15) is 0 Å². The Bertz CT molecular complexity index is 1180. The van der Waals surface area contributed by atoms with Crippen molar-refractivity contribution in [2.24, 2.45) is 17.8 Å². The van der Waals surface area contributed by atoms with Crippen LogP contribution < -0.4 is 5.48 Å². The molecule has 202 valence electrons. The Morgan fingerprint density at radius 2 is 1.68 bits per heavy atom. The van der Waals surface area contributed by atoms with Crippen LogP contribution in [0.15, 0.2) is 42.5 Å². The van der Waals surface area contributed by atoms with E-state index in [4.69, 9.17) is 0 Å². The lowest BCUT2D eigenvalue weighted by Crippen LogP contribution is -2.49. The number of sulfonamides is 1. The molecule has 1 saturated heterocycles. The average Bonchev–Trinajstić information content (AvgIpc) is 3.43. The van der Waals surface area contributed by atoms with Gasteiger partial charge in [-0.05, 0) is 47.9 Å². The lowest BCUT2D eigenvalue weighted by molar-refractivity contribution is -0.146. The van der Waals surface area contributed by atoms with Gasteiger partial charge in [0.1, 0.15) is 0 Å². The zero-order valence-electron chi connectivity index (χ0n) is 21.6. The van der Waals surface area contributed by atoms with E-state index in [1.165, 1.54) is 11.4 Å². The second-order valence-corrected chi connectivity index (χ2v) is 12.7. The van der Waals surface area contributed by atoms with Gasteiger partial charge in [0.15, 0.2) is 0 Å². The molecule has 1 aliphatic carbocycles. The molecule has 0 bridgehead atoms. The van der Waals surface area contributed by atoms with Crippen LogP contribution in [0.25, 0.3) is 10.8 Å². The molecule has 8 nitrogen and oxygen atoms in total. The number of nitrogens with one attached hydrogen (secondary N) is 1. The topological polar surface area (TPSA) is 107 Å². The van der Waals surface area contributed by atoms with Crippen LogP contribution in [-0.4, -0.2) is 61.3 Å². The number of hydroxylamine groups is 1. The molecule has 2 atom stereocenters. The van der Waals surface area contributed by atoms with Crippen molar-refractivity contribution in [3.05, 3.63) is 48.0 Å². The molecule has 2 fully saturated rings. The van der Waals surface area contributed by atoms with Gasteiger partial charge in [0.05, 0.1) is 17.6 Å². The summed E-state index contributed by atoms with van der Waals surface area (Å²) in [4.78, 5) is 28.5. The fourth-order valence-electron chi connectivity index (χ4n) is 5.98. The first-order valence-corrected chi connectivity index (χ1v) is 15.0. The summed E-state index contributed by atoms with van der Waals surface area (Å²) in [7, 11) is -2.35. The summed E-state index contributed by atoms with van der Waals surface area (Å²) in [5, 5.41) is 11.4. The first-order chi connectivity index (χ1) is 17.8. The lowest BCUT2D eigenvalue weighted by Gasteiger charge is -2.35. The second kappa shape index (κ2) is 12.4. The molecule has 0 unspecified atom stereocenters. The molecule has 1 heterocycles. The van der Waals surface area contributed by atoms with Crippen molar-refractivity contribution < 1.29 is 23.2 Å². The van der Waals surface area contributed by atoms with Crippen LogP contribution in [0.1, 0.15) is 56.9 Å². The fourth-order valence-corrected chi connectivity index (χ4v) is 7.24. The number of fused-ring (bicyclic) bond motifs is 1. The number of piperidine rings is 1. The summed E-state index contributed by atoms with van der Waals surface area (Å²) in [6.07, 6.45) is 7.68. The van der Waals surface area contributed by atoms with Gasteiger partial charge < -0.3 is 4.90 Å². The Kier molecular flexibility index (Phi) is 9.21. The normalized spacial score (nSPS) is 18.7. The molecule has 0 aromatic heterocycles. The van der Waals surface area contributed by atoms with Crippen molar-refractivity contribution in [2.75, 3.05) is 26.7 Å². The van der Waals surface area contributed by atoms with E-state index in [9.17, 15) is 23.2 Å². The molecule has 2 aromatic rings.